The standard InChI is InChI=1S/C25H35N3O3S/c1-20-9-6-12-24(21(20)2)28(32(3,30)31)17-7-13-25(29)26-15-8-16-27-18-14-22-10-4-5-11-23(22)19-27/h4-6,9-12H,7-8,13-19H2,1-3H3,(H,26,29). The van der Waals surface area contributed by atoms with Crippen molar-refractivity contribution >= 4 is 21.6 Å². The van der Waals surface area contributed by atoms with E-state index in [0.717, 1.165) is 43.6 Å². The highest BCUT2D eigenvalue weighted by atomic mass is 32.2. The Morgan fingerprint density at radius 2 is 1.81 bits per heavy atom. The lowest BCUT2D eigenvalue weighted by Crippen LogP contribution is -2.34. The van der Waals surface area contributed by atoms with E-state index in [1.807, 2.05) is 32.0 Å². The number of carbonyl (C=O) groups is 1. The number of benzene rings is 2. The maximum atomic E-state index is 12.3. The topological polar surface area (TPSA) is 69.7 Å². The second-order valence-electron chi connectivity index (χ2n) is 8.66. The highest BCUT2D eigenvalue weighted by Gasteiger charge is 2.20. The van der Waals surface area contributed by atoms with Gasteiger partial charge < -0.3 is 5.32 Å². The van der Waals surface area contributed by atoms with Crippen LogP contribution in [0.1, 0.15) is 41.5 Å². The van der Waals surface area contributed by atoms with Crippen LogP contribution >= 0.6 is 0 Å². The molecule has 3 rings (SSSR count). The molecule has 0 saturated carbocycles. The third-order valence-corrected chi connectivity index (χ3v) is 7.37. The number of nitrogens with one attached hydrogen (secondary N) is 1. The van der Waals surface area contributed by atoms with E-state index >= 15 is 0 Å². The number of carbonyl (C=O) groups excluding carboxylic acids is 1. The lowest BCUT2D eigenvalue weighted by atomic mass is 10.00. The molecule has 0 atom stereocenters. The van der Waals surface area contributed by atoms with Crippen molar-refractivity contribution in [1.82, 2.24) is 10.2 Å². The average Bonchev–Trinajstić information content (AvgIpc) is 2.76. The fourth-order valence-electron chi connectivity index (χ4n) is 4.22. The molecule has 0 aliphatic carbocycles. The number of fused-ring (bicyclic) bond motifs is 1. The Morgan fingerprint density at radius 1 is 1.06 bits per heavy atom. The van der Waals surface area contributed by atoms with E-state index in [9.17, 15) is 13.2 Å². The maximum absolute atomic E-state index is 12.3. The molecule has 0 aromatic heterocycles. The molecule has 2 aromatic rings. The summed E-state index contributed by atoms with van der Waals surface area (Å²) in [7, 11) is -3.41. The van der Waals surface area contributed by atoms with Crippen LogP contribution < -0.4 is 9.62 Å². The van der Waals surface area contributed by atoms with Crippen LogP contribution in [0.4, 0.5) is 5.69 Å². The number of anilines is 1. The van der Waals surface area contributed by atoms with Crippen molar-refractivity contribution in [3.63, 3.8) is 0 Å². The minimum absolute atomic E-state index is 0.0246. The molecule has 0 bridgehead atoms. The Morgan fingerprint density at radius 3 is 2.56 bits per heavy atom. The van der Waals surface area contributed by atoms with Crippen molar-refractivity contribution in [2.24, 2.45) is 0 Å². The zero-order chi connectivity index (χ0) is 23.1. The summed E-state index contributed by atoms with van der Waals surface area (Å²) in [5.74, 6) is -0.0246. The summed E-state index contributed by atoms with van der Waals surface area (Å²) < 4.78 is 26.1. The van der Waals surface area contributed by atoms with Crippen molar-refractivity contribution in [2.75, 3.05) is 36.7 Å². The van der Waals surface area contributed by atoms with E-state index in [2.05, 4.69) is 34.5 Å². The largest absolute Gasteiger partial charge is 0.356 e. The fraction of sp³-hybridized carbons (Fsp3) is 0.480. The van der Waals surface area contributed by atoms with Crippen molar-refractivity contribution in [1.29, 1.82) is 0 Å². The Hall–Kier alpha value is -2.38. The van der Waals surface area contributed by atoms with Gasteiger partial charge in [0.05, 0.1) is 11.9 Å². The van der Waals surface area contributed by atoms with Crippen LogP contribution in [0.3, 0.4) is 0 Å². The van der Waals surface area contributed by atoms with E-state index in [1.54, 1.807) is 0 Å². The number of sulfonamides is 1. The average molecular weight is 458 g/mol. The van der Waals surface area contributed by atoms with E-state index < -0.39 is 10.0 Å². The summed E-state index contributed by atoms with van der Waals surface area (Å²) >= 11 is 0. The summed E-state index contributed by atoms with van der Waals surface area (Å²) in [5, 5.41) is 2.98. The Kier molecular flexibility index (Phi) is 8.32. The van der Waals surface area contributed by atoms with Gasteiger partial charge in [0, 0.05) is 39.1 Å². The molecule has 6 nitrogen and oxygen atoms in total. The number of rotatable bonds is 10. The molecule has 0 radical (unpaired) electrons. The Labute approximate surface area is 192 Å². The van der Waals surface area contributed by atoms with Crippen molar-refractivity contribution in [3.8, 4) is 0 Å². The Bertz CT molecular complexity index is 1040. The summed E-state index contributed by atoms with van der Waals surface area (Å²) in [5.41, 5.74) is 5.54. The molecule has 0 spiro atoms. The lowest BCUT2D eigenvalue weighted by molar-refractivity contribution is -0.121. The summed E-state index contributed by atoms with van der Waals surface area (Å²) in [6.45, 7) is 7.83. The zero-order valence-corrected chi connectivity index (χ0v) is 20.2. The smallest absolute Gasteiger partial charge is 0.232 e. The minimum Gasteiger partial charge on any atom is -0.356 e. The molecule has 1 amide bonds. The second kappa shape index (κ2) is 11.0. The molecule has 0 saturated heterocycles. The highest BCUT2D eigenvalue weighted by molar-refractivity contribution is 7.92. The molecule has 1 N–H and O–H groups in total. The maximum Gasteiger partial charge on any atom is 0.232 e. The van der Waals surface area contributed by atoms with Gasteiger partial charge in [-0.1, -0.05) is 36.4 Å². The first-order chi connectivity index (χ1) is 15.3. The molecule has 174 valence electrons. The lowest BCUT2D eigenvalue weighted by Gasteiger charge is -2.28. The number of amides is 1. The minimum atomic E-state index is -3.41. The summed E-state index contributed by atoms with van der Waals surface area (Å²) in [6.07, 6.45) is 4.00. The Balaban J connectivity index is 1.39. The highest BCUT2D eigenvalue weighted by Crippen LogP contribution is 2.25. The number of hydrogen-bond acceptors (Lipinski definition) is 4. The quantitative estimate of drug-likeness (QED) is 0.555. The van der Waals surface area contributed by atoms with Crippen LogP contribution in [0.5, 0.6) is 0 Å². The summed E-state index contributed by atoms with van der Waals surface area (Å²) in [6, 6.07) is 14.2. The van der Waals surface area contributed by atoms with E-state index in [0.29, 0.717) is 31.6 Å². The van der Waals surface area contributed by atoms with Crippen molar-refractivity contribution in [2.45, 2.75) is 46.1 Å². The van der Waals surface area contributed by atoms with Gasteiger partial charge in [0.2, 0.25) is 15.9 Å². The molecule has 1 aliphatic heterocycles. The normalized spacial score (nSPS) is 14.1. The van der Waals surface area contributed by atoms with Gasteiger partial charge in [-0.15, -0.1) is 0 Å². The zero-order valence-electron chi connectivity index (χ0n) is 19.4. The van der Waals surface area contributed by atoms with E-state index in [-0.39, 0.29) is 5.91 Å². The predicted octanol–water partition coefficient (Wildman–Crippen LogP) is 3.41. The molecule has 32 heavy (non-hydrogen) atoms. The van der Waals surface area contributed by atoms with Crippen LogP contribution in [0.2, 0.25) is 0 Å². The van der Waals surface area contributed by atoms with Gasteiger partial charge in [-0.2, -0.15) is 0 Å². The second-order valence-corrected chi connectivity index (χ2v) is 10.6. The molecular weight excluding hydrogens is 422 g/mol. The third kappa shape index (κ3) is 6.56. The molecule has 2 aromatic carbocycles. The van der Waals surface area contributed by atoms with Gasteiger partial charge in [-0.05, 0) is 61.4 Å². The van der Waals surface area contributed by atoms with E-state index in [4.69, 9.17) is 0 Å². The van der Waals surface area contributed by atoms with Crippen LogP contribution in [-0.4, -0.2) is 51.7 Å². The van der Waals surface area contributed by atoms with Gasteiger partial charge in [0.15, 0.2) is 0 Å². The van der Waals surface area contributed by atoms with Crippen LogP contribution in [0, 0.1) is 13.8 Å². The number of aryl methyl sites for hydroxylation is 1. The number of nitrogens with zero attached hydrogens (tertiary/aromatic N) is 2. The van der Waals surface area contributed by atoms with Gasteiger partial charge in [-0.25, -0.2) is 8.42 Å². The molecule has 1 heterocycles. The van der Waals surface area contributed by atoms with Crippen LogP contribution in [0.15, 0.2) is 42.5 Å². The molecule has 0 fully saturated rings. The van der Waals surface area contributed by atoms with Gasteiger partial charge in [0.1, 0.15) is 0 Å². The van der Waals surface area contributed by atoms with Crippen molar-refractivity contribution in [3.05, 3.63) is 64.7 Å². The third-order valence-electron chi connectivity index (χ3n) is 6.19. The van der Waals surface area contributed by atoms with Gasteiger partial charge in [0.25, 0.3) is 0 Å². The fourth-order valence-corrected chi connectivity index (χ4v) is 5.23. The first-order valence-corrected chi connectivity index (χ1v) is 13.2. The van der Waals surface area contributed by atoms with Crippen LogP contribution in [0.25, 0.3) is 0 Å². The first-order valence-electron chi connectivity index (χ1n) is 11.4. The number of hydrogen-bond donors (Lipinski definition) is 1. The van der Waals surface area contributed by atoms with Gasteiger partial charge >= 0.3 is 0 Å². The SMILES string of the molecule is Cc1cccc(N(CCCC(=O)NCCCN2CCc3ccccc3C2)S(C)(=O)=O)c1C. The molecule has 7 heteroatoms. The molecule has 0 unspecified atom stereocenters. The monoisotopic (exact) mass is 457 g/mol. The van der Waals surface area contributed by atoms with Gasteiger partial charge in [-0.3, -0.25) is 14.0 Å². The van der Waals surface area contributed by atoms with Crippen LogP contribution in [-0.2, 0) is 27.8 Å². The first kappa shape index (κ1) is 24.3. The summed E-state index contributed by atoms with van der Waals surface area (Å²) in [4.78, 5) is 14.7. The van der Waals surface area contributed by atoms with Crippen molar-refractivity contribution < 1.29 is 13.2 Å². The molecular formula is C25H35N3O3S. The molecule has 1 aliphatic rings. The predicted molar refractivity (Wildman–Crippen MR) is 130 cm³/mol. The van der Waals surface area contributed by atoms with E-state index in [1.165, 1.54) is 21.7 Å².